The van der Waals surface area contributed by atoms with E-state index in [0.29, 0.717) is 0 Å². The summed E-state index contributed by atoms with van der Waals surface area (Å²) in [7, 11) is 0. The Hall–Kier alpha value is -5.56. The van der Waals surface area contributed by atoms with E-state index in [0.717, 1.165) is 5.69 Å². The fourth-order valence-electron chi connectivity index (χ4n) is 6.88. The highest BCUT2D eigenvalue weighted by atomic mass is 19.4. The summed E-state index contributed by atoms with van der Waals surface area (Å²) in [6.45, 7) is 4.20. The Kier molecular flexibility index (Phi) is 13.9. The number of halogens is 24. The van der Waals surface area contributed by atoms with E-state index in [1.54, 1.807) is 0 Å². The van der Waals surface area contributed by atoms with Gasteiger partial charge >= 0.3 is 49.4 Å². The van der Waals surface area contributed by atoms with E-state index in [9.17, 15) is 105 Å². The van der Waals surface area contributed by atoms with Gasteiger partial charge in [0.15, 0.2) is 0 Å². The van der Waals surface area contributed by atoms with Gasteiger partial charge in [0.1, 0.15) is 11.8 Å². The van der Waals surface area contributed by atoms with Crippen molar-refractivity contribution < 1.29 is 111 Å². The molecule has 0 heterocycles. The first-order chi connectivity index (χ1) is 29.5. The van der Waals surface area contributed by atoms with Gasteiger partial charge in [0.25, 0.3) is 0 Å². The molecule has 0 aliphatic rings. The van der Waals surface area contributed by atoms with Gasteiger partial charge in [0.05, 0.1) is 44.5 Å². The van der Waals surface area contributed by atoms with Crippen molar-refractivity contribution in [2.75, 3.05) is 0 Å². The molecule has 0 spiro atoms. The van der Waals surface area contributed by atoms with Gasteiger partial charge < -0.3 is 5.73 Å². The van der Waals surface area contributed by atoms with E-state index in [2.05, 4.69) is 25.6 Å². The van der Waals surface area contributed by atoms with Crippen molar-refractivity contribution in [1.82, 2.24) is 0 Å². The third kappa shape index (κ3) is 11.7. The fraction of sp³-hybridized carbons (Fsp3) is 0.250. The Morgan fingerprint density at radius 2 is 0.485 bits per heavy atom. The predicted octanol–water partition coefficient (Wildman–Crippen LogP) is 12.4. The van der Waals surface area contributed by atoms with Crippen molar-refractivity contribution in [3.05, 3.63) is 147 Å². The topological polar surface area (TPSA) is 27.6 Å². The molecule has 0 saturated heterocycles. The van der Waals surface area contributed by atoms with Gasteiger partial charge in [-0.05, 0) is 49.7 Å². The van der Waals surface area contributed by atoms with Crippen LogP contribution in [-0.4, -0.2) is 6.15 Å². The molecule has 0 amide bonds. The monoisotopic (exact) mass is 985 g/mol. The third-order valence-corrected chi connectivity index (χ3v) is 10.2. The number of alkyl halides is 24. The van der Waals surface area contributed by atoms with Gasteiger partial charge in [0.2, 0.25) is 0 Å². The second-order valence-electron chi connectivity index (χ2n) is 14.6. The van der Waals surface area contributed by atoms with Crippen LogP contribution in [0.5, 0.6) is 0 Å². The van der Waals surface area contributed by atoms with Crippen LogP contribution < -0.4 is 27.6 Å². The SMILES string of the molecule is Cc1cccc([NH3+])c1C.FC(F)(F)c1cc([B-](c2cc(C(F)(F)F)cc(C(F)(F)F)c2)(c2cc(C(F)(F)F)cc(C(F)(F)F)c2)c2cc(C(F)(F)F)cc(C(F)(F)F)c2)cc(C(F)(F)F)c1. The maximum atomic E-state index is 14.2. The summed E-state index contributed by atoms with van der Waals surface area (Å²) in [5, 5.41) is 0. The molecule has 0 aromatic heterocycles. The lowest BCUT2D eigenvalue weighted by Crippen LogP contribution is -2.75. The van der Waals surface area contributed by atoms with Crippen molar-refractivity contribution >= 4 is 33.7 Å². The van der Waals surface area contributed by atoms with E-state index in [1.807, 2.05) is 12.1 Å². The second kappa shape index (κ2) is 17.3. The van der Waals surface area contributed by atoms with Crippen LogP contribution in [0.2, 0.25) is 0 Å². The van der Waals surface area contributed by atoms with Crippen LogP contribution >= 0.6 is 0 Å². The number of aryl methyl sites for hydroxylation is 1. The highest BCUT2D eigenvalue weighted by Crippen LogP contribution is 2.41. The molecule has 0 saturated carbocycles. The minimum absolute atomic E-state index is 0.691. The standard InChI is InChI=1S/C32H12BF24.C8H11N/c34-25(35,36)13-1-14(26(37,38)39)6-21(5-13)33(22-7-15(27(40,41)42)2-16(8-22)28(43,44)45,23-9-17(29(46,47)48)3-18(10-23)30(49,50)51)24-11-19(31(52,53)54)4-20(12-24)32(55,56)57;1-6-4-3-5-8(9)7(6)2/h1-12H;3-5H,9H2,1-2H3/q-1;/p+1. The minimum atomic E-state index is -6.13. The second-order valence-corrected chi connectivity index (χ2v) is 14.6. The van der Waals surface area contributed by atoms with Crippen LogP contribution in [0.15, 0.2) is 91.0 Å². The van der Waals surface area contributed by atoms with E-state index in [-0.39, 0.29) is 0 Å². The Bertz CT molecular complexity index is 2110. The normalized spacial score (nSPS) is 13.7. The predicted molar refractivity (Wildman–Crippen MR) is 189 cm³/mol. The lowest BCUT2D eigenvalue weighted by atomic mass is 9.12. The van der Waals surface area contributed by atoms with Crippen molar-refractivity contribution in [2.24, 2.45) is 0 Å². The lowest BCUT2D eigenvalue weighted by molar-refractivity contribution is -0.255. The Morgan fingerprint density at radius 3 is 0.621 bits per heavy atom. The zero-order valence-electron chi connectivity index (χ0n) is 32.5. The smallest absolute Gasteiger partial charge is 0.325 e. The van der Waals surface area contributed by atoms with Gasteiger partial charge in [-0.3, -0.25) is 0 Å². The van der Waals surface area contributed by atoms with Gasteiger partial charge in [-0.15, -0.1) is 0 Å². The molecule has 5 rings (SSSR count). The zero-order valence-corrected chi connectivity index (χ0v) is 32.5. The Morgan fingerprint density at radius 1 is 0.303 bits per heavy atom. The first-order valence-electron chi connectivity index (χ1n) is 17.7. The van der Waals surface area contributed by atoms with Crippen molar-refractivity contribution in [2.45, 2.75) is 63.3 Å². The molecule has 0 aliphatic carbocycles. The average molecular weight is 985 g/mol. The molecule has 26 heteroatoms. The van der Waals surface area contributed by atoms with Gasteiger partial charge in [-0.25, -0.2) is 0 Å². The minimum Gasteiger partial charge on any atom is -0.325 e. The zero-order chi connectivity index (χ0) is 50.8. The fourth-order valence-corrected chi connectivity index (χ4v) is 6.88. The molecule has 66 heavy (non-hydrogen) atoms. The van der Waals surface area contributed by atoms with Gasteiger partial charge in [-0.1, -0.05) is 60.7 Å². The van der Waals surface area contributed by atoms with E-state index in [1.165, 1.54) is 11.1 Å². The summed E-state index contributed by atoms with van der Waals surface area (Å²) in [6.07, 6.45) is -54.8. The van der Waals surface area contributed by atoms with E-state index < -0.39 is 195 Å². The molecular weight excluding hydrogens is 961 g/mol. The van der Waals surface area contributed by atoms with Crippen LogP contribution in [0.3, 0.4) is 0 Å². The van der Waals surface area contributed by atoms with Crippen LogP contribution in [0.25, 0.3) is 0 Å². The first kappa shape index (κ1) is 53.1. The molecule has 5 aromatic carbocycles. The summed E-state index contributed by atoms with van der Waals surface area (Å²) < 4.78 is 341. The Labute approximate surface area is 354 Å². The summed E-state index contributed by atoms with van der Waals surface area (Å²) in [4.78, 5) is 0. The summed E-state index contributed by atoms with van der Waals surface area (Å²) >= 11 is 0. The molecule has 0 bridgehead atoms. The van der Waals surface area contributed by atoms with Crippen molar-refractivity contribution in [3.8, 4) is 0 Å². The van der Waals surface area contributed by atoms with E-state index >= 15 is 0 Å². The number of hydrogen-bond acceptors (Lipinski definition) is 0. The molecule has 5 aromatic rings. The van der Waals surface area contributed by atoms with Crippen molar-refractivity contribution in [3.63, 3.8) is 0 Å². The van der Waals surface area contributed by atoms with Crippen LogP contribution in [0.1, 0.15) is 55.6 Å². The largest absolute Gasteiger partial charge is 0.416 e. The maximum absolute atomic E-state index is 14.2. The van der Waals surface area contributed by atoms with Crippen LogP contribution in [0.4, 0.5) is 111 Å². The van der Waals surface area contributed by atoms with Gasteiger partial charge in [-0.2, -0.15) is 127 Å². The van der Waals surface area contributed by atoms with Crippen molar-refractivity contribution in [1.29, 1.82) is 0 Å². The highest BCUT2D eigenvalue weighted by Gasteiger charge is 2.47. The highest BCUT2D eigenvalue weighted by molar-refractivity contribution is 7.20. The summed E-state index contributed by atoms with van der Waals surface area (Å²) in [5.41, 5.74) is -22.6. The molecule has 0 radical (unpaired) electrons. The molecule has 0 fully saturated rings. The number of benzene rings is 5. The molecule has 0 aliphatic heterocycles. The number of rotatable bonds is 4. The molecule has 1 nitrogen and oxygen atoms in total. The Balaban J connectivity index is 0.000000942. The molecule has 3 N–H and O–H groups in total. The molecule has 0 unspecified atom stereocenters. The summed E-state index contributed by atoms with van der Waals surface area (Å²) in [6, 6.07) is -2.65. The number of quaternary nitrogens is 1. The molecular formula is C40H24BF24N. The number of hydrogen-bond donors (Lipinski definition) is 1. The molecule has 360 valence electrons. The molecule has 0 atom stereocenters. The first-order valence-corrected chi connectivity index (χ1v) is 17.7. The van der Waals surface area contributed by atoms with Crippen LogP contribution in [0, 0.1) is 13.8 Å². The maximum Gasteiger partial charge on any atom is 0.416 e. The average Bonchev–Trinajstić information content (AvgIpc) is 3.14. The van der Waals surface area contributed by atoms with E-state index in [4.69, 9.17) is 0 Å². The summed E-state index contributed by atoms with van der Waals surface area (Å²) in [5.74, 6) is 0. The van der Waals surface area contributed by atoms with Gasteiger partial charge in [0, 0.05) is 5.56 Å². The lowest BCUT2D eigenvalue weighted by Gasteiger charge is -2.46. The third-order valence-electron chi connectivity index (χ3n) is 10.2. The van der Waals surface area contributed by atoms with Crippen LogP contribution in [-0.2, 0) is 49.4 Å². The quantitative estimate of drug-likeness (QED) is 0.137.